The van der Waals surface area contributed by atoms with E-state index in [4.69, 9.17) is 14.2 Å². The Morgan fingerprint density at radius 2 is 1.64 bits per heavy atom. The summed E-state index contributed by atoms with van der Waals surface area (Å²) in [6.07, 6.45) is 5.94. The van der Waals surface area contributed by atoms with Gasteiger partial charge in [0.15, 0.2) is 11.5 Å². The Kier molecular flexibility index (Phi) is 11.4. The lowest BCUT2D eigenvalue weighted by Crippen LogP contribution is -2.22. The molecule has 0 fully saturated rings. The second kappa shape index (κ2) is 13.4. The Hall–Kier alpha value is -1.26. The molecule has 0 amide bonds. The summed E-state index contributed by atoms with van der Waals surface area (Å²) in [5.41, 5.74) is 0. The van der Waals surface area contributed by atoms with Crippen LogP contribution in [0.1, 0.15) is 39.0 Å². The van der Waals surface area contributed by atoms with Crippen LogP contribution in [0, 0.1) is 0 Å². The van der Waals surface area contributed by atoms with Crippen molar-refractivity contribution < 1.29 is 14.2 Å². The molecule has 0 saturated heterocycles. The van der Waals surface area contributed by atoms with Crippen molar-refractivity contribution in [1.29, 1.82) is 0 Å². The van der Waals surface area contributed by atoms with E-state index in [0.717, 1.165) is 44.2 Å². The third kappa shape index (κ3) is 8.90. The number of rotatable bonds is 14. The molecule has 0 spiro atoms. The molecule has 22 heavy (non-hydrogen) atoms. The first kappa shape index (κ1) is 18.8. The van der Waals surface area contributed by atoms with Gasteiger partial charge in [0, 0.05) is 19.8 Å². The van der Waals surface area contributed by atoms with Gasteiger partial charge in [-0.2, -0.15) is 0 Å². The summed E-state index contributed by atoms with van der Waals surface area (Å²) in [5, 5.41) is 3.40. The van der Waals surface area contributed by atoms with Crippen LogP contribution >= 0.6 is 0 Å². The summed E-state index contributed by atoms with van der Waals surface area (Å²) in [5.74, 6) is 1.58. The monoisotopic (exact) mass is 309 g/mol. The fourth-order valence-corrected chi connectivity index (χ4v) is 2.08. The van der Waals surface area contributed by atoms with E-state index in [1.54, 1.807) is 7.11 Å². The quantitative estimate of drug-likeness (QED) is 0.533. The van der Waals surface area contributed by atoms with Gasteiger partial charge >= 0.3 is 0 Å². The Bertz CT molecular complexity index is 371. The van der Waals surface area contributed by atoms with Crippen molar-refractivity contribution in [3.8, 4) is 11.5 Å². The second-order valence-corrected chi connectivity index (χ2v) is 5.28. The Balaban J connectivity index is 1.89. The molecule has 0 aliphatic carbocycles. The Morgan fingerprint density at radius 3 is 2.41 bits per heavy atom. The van der Waals surface area contributed by atoms with Crippen LogP contribution in [-0.2, 0) is 4.74 Å². The molecule has 0 aromatic heterocycles. The lowest BCUT2D eigenvalue weighted by molar-refractivity contribution is 0.127. The van der Waals surface area contributed by atoms with Crippen molar-refractivity contribution in [2.75, 3.05) is 40.0 Å². The molecule has 0 heterocycles. The maximum absolute atomic E-state index is 5.70. The van der Waals surface area contributed by atoms with Gasteiger partial charge < -0.3 is 19.5 Å². The van der Waals surface area contributed by atoms with Crippen LogP contribution in [0.4, 0.5) is 0 Å². The highest BCUT2D eigenvalue weighted by atomic mass is 16.5. The zero-order valence-corrected chi connectivity index (χ0v) is 14.1. The summed E-state index contributed by atoms with van der Waals surface area (Å²) < 4.78 is 16.5. The molecule has 1 rings (SSSR count). The van der Waals surface area contributed by atoms with E-state index in [-0.39, 0.29) is 0 Å². The molecular formula is C18H31NO3. The van der Waals surface area contributed by atoms with Crippen LogP contribution in [0.2, 0.25) is 0 Å². The molecule has 0 aliphatic heterocycles. The minimum atomic E-state index is 0.653. The predicted molar refractivity (Wildman–Crippen MR) is 90.9 cm³/mol. The van der Waals surface area contributed by atoms with E-state index in [1.165, 1.54) is 25.7 Å². The van der Waals surface area contributed by atoms with Crippen LogP contribution in [0.5, 0.6) is 11.5 Å². The van der Waals surface area contributed by atoms with E-state index < -0.39 is 0 Å². The summed E-state index contributed by atoms with van der Waals surface area (Å²) in [4.78, 5) is 0. The summed E-state index contributed by atoms with van der Waals surface area (Å²) >= 11 is 0. The molecule has 1 N–H and O–H groups in total. The molecule has 4 nitrogen and oxygen atoms in total. The smallest absolute Gasteiger partial charge is 0.161 e. The van der Waals surface area contributed by atoms with E-state index >= 15 is 0 Å². The van der Waals surface area contributed by atoms with Crippen molar-refractivity contribution in [3.63, 3.8) is 0 Å². The number of benzene rings is 1. The van der Waals surface area contributed by atoms with Gasteiger partial charge in [0.2, 0.25) is 0 Å². The Morgan fingerprint density at radius 1 is 0.864 bits per heavy atom. The molecule has 4 heteroatoms. The lowest BCUT2D eigenvalue weighted by atomic mass is 10.2. The molecule has 0 saturated carbocycles. The zero-order chi connectivity index (χ0) is 15.9. The average molecular weight is 309 g/mol. The highest BCUT2D eigenvalue weighted by Crippen LogP contribution is 2.25. The van der Waals surface area contributed by atoms with E-state index in [1.807, 2.05) is 24.3 Å². The number of hydrogen-bond acceptors (Lipinski definition) is 4. The van der Waals surface area contributed by atoms with Crippen LogP contribution in [-0.4, -0.2) is 40.0 Å². The summed E-state index contributed by atoms with van der Waals surface area (Å²) in [6, 6.07) is 7.73. The molecular weight excluding hydrogens is 278 g/mol. The molecule has 126 valence electrons. The maximum Gasteiger partial charge on any atom is 0.161 e. The maximum atomic E-state index is 5.70. The van der Waals surface area contributed by atoms with Crippen LogP contribution in [0.15, 0.2) is 24.3 Å². The number of ether oxygens (including phenoxy) is 3. The van der Waals surface area contributed by atoms with Crippen molar-refractivity contribution in [2.24, 2.45) is 0 Å². The van der Waals surface area contributed by atoms with Crippen LogP contribution < -0.4 is 14.8 Å². The van der Waals surface area contributed by atoms with Crippen LogP contribution in [0.3, 0.4) is 0 Å². The molecule has 0 radical (unpaired) electrons. The number of para-hydroxylation sites is 2. The standard InChI is InChI=1S/C18H31NO3/c1-3-4-14-21-15-9-5-8-12-19-13-16-22-18-11-7-6-10-17(18)20-2/h6-7,10-11,19H,3-5,8-9,12-16H2,1-2H3. The van der Waals surface area contributed by atoms with Crippen molar-refractivity contribution in [2.45, 2.75) is 39.0 Å². The normalized spacial score (nSPS) is 10.6. The van der Waals surface area contributed by atoms with Gasteiger partial charge in [-0.3, -0.25) is 0 Å². The van der Waals surface area contributed by atoms with Gasteiger partial charge in [-0.25, -0.2) is 0 Å². The zero-order valence-electron chi connectivity index (χ0n) is 14.1. The van der Waals surface area contributed by atoms with Gasteiger partial charge in [0.05, 0.1) is 7.11 Å². The lowest BCUT2D eigenvalue weighted by Gasteiger charge is -2.10. The van der Waals surface area contributed by atoms with Crippen LogP contribution in [0.25, 0.3) is 0 Å². The average Bonchev–Trinajstić information content (AvgIpc) is 2.56. The van der Waals surface area contributed by atoms with Gasteiger partial charge in [0.25, 0.3) is 0 Å². The summed E-state index contributed by atoms with van der Waals surface area (Å²) in [6.45, 7) is 6.54. The first-order valence-corrected chi connectivity index (χ1v) is 8.42. The fourth-order valence-electron chi connectivity index (χ4n) is 2.08. The first-order chi connectivity index (χ1) is 10.9. The molecule has 1 aromatic rings. The van der Waals surface area contributed by atoms with Crippen molar-refractivity contribution in [3.05, 3.63) is 24.3 Å². The molecule has 1 aromatic carbocycles. The van der Waals surface area contributed by atoms with E-state index in [2.05, 4.69) is 12.2 Å². The first-order valence-electron chi connectivity index (χ1n) is 8.42. The van der Waals surface area contributed by atoms with Gasteiger partial charge in [0.1, 0.15) is 6.61 Å². The van der Waals surface area contributed by atoms with Crippen molar-refractivity contribution in [1.82, 2.24) is 5.32 Å². The molecule has 0 atom stereocenters. The van der Waals surface area contributed by atoms with Gasteiger partial charge in [-0.05, 0) is 44.4 Å². The minimum Gasteiger partial charge on any atom is -0.493 e. The highest BCUT2D eigenvalue weighted by molar-refractivity contribution is 5.39. The minimum absolute atomic E-state index is 0.653. The van der Waals surface area contributed by atoms with Gasteiger partial charge in [-0.1, -0.05) is 25.5 Å². The molecule has 0 aliphatic rings. The molecule has 0 bridgehead atoms. The third-order valence-electron chi connectivity index (χ3n) is 3.39. The number of methoxy groups -OCH3 is 1. The van der Waals surface area contributed by atoms with Crippen molar-refractivity contribution >= 4 is 0 Å². The third-order valence-corrected chi connectivity index (χ3v) is 3.39. The molecule has 0 unspecified atom stereocenters. The number of unbranched alkanes of at least 4 members (excludes halogenated alkanes) is 3. The Labute approximate surface area is 135 Å². The highest BCUT2D eigenvalue weighted by Gasteiger charge is 2.01. The predicted octanol–water partition coefficient (Wildman–Crippen LogP) is 3.65. The largest absolute Gasteiger partial charge is 0.493 e. The second-order valence-electron chi connectivity index (χ2n) is 5.28. The number of nitrogens with one attached hydrogen (secondary N) is 1. The fraction of sp³-hybridized carbons (Fsp3) is 0.667. The number of hydrogen-bond donors (Lipinski definition) is 1. The van der Waals surface area contributed by atoms with Gasteiger partial charge in [-0.15, -0.1) is 0 Å². The summed E-state index contributed by atoms with van der Waals surface area (Å²) in [7, 11) is 1.66. The topological polar surface area (TPSA) is 39.7 Å². The van der Waals surface area contributed by atoms with E-state index in [0.29, 0.717) is 6.61 Å². The SMILES string of the molecule is CCCCOCCCCCNCCOc1ccccc1OC. The van der Waals surface area contributed by atoms with E-state index in [9.17, 15) is 0 Å².